The molecule has 0 aliphatic heterocycles. The van der Waals surface area contributed by atoms with E-state index in [-0.39, 0.29) is 16.8 Å². The van der Waals surface area contributed by atoms with Crippen molar-refractivity contribution in [3.63, 3.8) is 0 Å². The van der Waals surface area contributed by atoms with Gasteiger partial charge in [-0.3, -0.25) is 4.98 Å². The predicted molar refractivity (Wildman–Crippen MR) is 131 cm³/mol. The van der Waals surface area contributed by atoms with Gasteiger partial charge in [0.25, 0.3) is 5.89 Å². The topological polar surface area (TPSA) is 111 Å². The average Bonchev–Trinajstić information content (AvgIpc) is 3.34. The molecule has 2 aromatic carbocycles. The third-order valence-corrected chi connectivity index (χ3v) is 7.94. The highest BCUT2D eigenvalue weighted by molar-refractivity contribution is 7.92. The van der Waals surface area contributed by atoms with Crippen LogP contribution in [-0.4, -0.2) is 40.9 Å². The number of hydrogen-bond acceptors (Lipinski definition) is 8. The number of nitrogens with zero attached hydrogens (tertiary/aromatic N) is 4. The number of aryl methyl sites for hydroxylation is 1. The molecule has 1 N–H and O–H groups in total. The van der Waals surface area contributed by atoms with E-state index in [4.69, 9.17) is 4.42 Å². The second-order valence-electron chi connectivity index (χ2n) is 8.35. The van der Waals surface area contributed by atoms with E-state index >= 15 is 0 Å². The molecule has 0 spiro atoms. The fraction of sp³-hybridized carbons (Fsp3) is 0.280. The lowest BCUT2D eigenvalue weighted by Gasteiger charge is -2.10. The molecule has 2 aromatic heterocycles. The molecule has 1 atom stereocenters. The molecule has 0 saturated carbocycles. The maximum atomic E-state index is 12.4. The molecule has 34 heavy (non-hydrogen) atoms. The van der Waals surface area contributed by atoms with Crippen molar-refractivity contribution in [2.75, 3.05) is 7.05 Å². The minimum atomic E-state index is -3.34. The minimum absolute atomic E-state index is 0.243. The van der Waals surface area contributed by atoms with Crippen LogP contribution in [-0.2, 0) is 9.84 Å². The van der Waals surface area contributed by atoms with Gasteiger partial charge in [0, 0.05) is 17.2 Å². The van der Waals surface area contributed by atoms with E-state index in [0.29, 0.717) is 23.0 Å². The van der Waals surface area contributed by atoms with Crippen molar-refractivity contribution < 1.29 is 12.8 Å². The first-order valence-electron chi connectivity index (χ1n) is 11.0. The molecule has 0 saturated heterocycles. The van der Waals surface area contributed by atoms with Crippen LogP contribution in [0.1, 0.15) is 38.1 Å². The first kappa shape index (κ1) is 23.7. The summed E-state index contributed by atoms with van der Waals surface area (Å²) in [6.07, 6.45) is 1.64. The standard InChI is InChI=1S/C25H27N5O3S/c1-15(2)34(31,32)21-12-10-19(11-13-21)22-14-27-17(4)23(28-22)25-30-29-24(33-25)20-8-6-18(7-9-20)16(3)26-5/h6-16,26H,1-5H3. The van der Waals surface area contributed by atoms with Gasteiger partial charge in [-0.15, -0.1) is 10.2 Å². The fourth-order valence-electron chi connectivity index (χ4n) is 3.40. The lowest BCUT2D eigenvalue weighted by molar-refractivity contribution is 0.581. The first-order chi connectivity index (χ1) is 16.2. The Morgan fingerprint density at radius 3 is 2.12 bits per heavy atom. The van der Waals surface area contributed by atoms with Crippen LogP contribution in [0.2, 0.25) is 0 Å². The van der Waals surface area contributed by atoms with E-state index in [2.05, 4.69) is 32.4 Å². The van der Waals surface area contributed by atoms with Crippen LogP contribution in [0.5, 0.6) is 0 Å². The van der Waals surface area contributed by atoms with Crippen LogP contribution in [0, 0.1) is 6.92 Å². The highest BCUT2D eigenvalue weighted by Gasteiger charge is 2.20. The van der Waals surface area contributed by atoms with Crippen LogP contribution in [0.15, 0.2) is 64.0 Å². The lowest BCUT2D eigenvalue weighted by atomic mass is 10.1. The molecule has 4 rings (SSSR count). The summed E-state index contributed by atoms with van der Waals surface area (Å²) in [5.41, 5.74) is 4.43. The second kappa shape index (κ2) is 9.44. The Morgan fingerprint density at radius 2 is 1.50 bits per heavy atom. The van der Waals surface area contributed by atoms with Crippen LogP contribution in [0.3, 0.4) is 0 Å². The minimum Gasteiger partial charge on any atom is -0.415 e. The van der Waals surface area contributed by atoms with Gasteiger partial charge in [0.2, 0.25) is 5.89 Å². The van der Waals surface area contributed by atoms with Crippen LogP contribution in [0.4, 0.5) is 0 Å². The Labute approximate surface area is 199 Å². The van der Waals surface area contributed by atoms with E-state index < -0.39 is 15.1 Å². The Bertz CT molecular complexity index is 1400. The van der Waals surface area contributed by atoms with Gasteiger partial charge in [0.15, 0.2) is 9.84 Å². The summed E-state index contributed by atoms with van der Waals surface area (Å²) in [4.78, 5) is 9.40. The molecular formula is C25H27N5O3S. The third-order valence-electron chi connectivity index (χ3n) is 5.77. The van der Waals surface area contributed by atoms with Gasteiger partial charge in [-0.2, -0.15) is 0 Å². The van der Waals surface area contributed by atoms with Gasteiger partial charge in [-0.25, -0.2) is 13.4 Å². The number of aromatic nitrogens is 4. The molecule has 0 amide bonds. The summed E-state index contributed by atoms with van der Waals surface area (Å²) < 4.78 is 30.7. The molecule has 8 nitrogen and oxygen atoms in total. The maximum absolute atomic E-state index is 12.4. The Hall–Kier alpha value is -3.43. The molecule has 176 valence electrons. The second-order valence-corrected chi connectivity index (χ2v) is 10.9. The zero-order chi connectivity index (χ0) is 24.5. The van der Waals surface area contributed by atoms with Crippen LogP contribution in [0.25, 0.3) is 34.3 Å². The van der Waals surface area contributed by atoms with Crippen molar-refractivity contribution in [3.05, 3.63) is 66.0 Å². The largest absolute Gasteiger partial charge is 0.415 e. The summed E-state index contributed by atoms with van der Waals surface area (Å²) in [7, 11) is -1.42. The molecule has 0 aliphatic rings. The summed E-state index contributed by atoms with van der Waals surface area (Å²) in [6.45, 7) is 7.24. The smallest absolute Gasteiger partial charge is 0.268 e. The highest BCUT2D eigenvalue weighted by atomic mass is 32.2. The molecule has 4 aromatic rings. The van der Waals surface area contributed by atoms with Gasteiger partial charge in [-0.1, -0.05) is 24.3 Å². The summed E-state index contributed by atoms with van der Waals surface area (Å²) >= 11 is 0. The van der Waals surface area contributed by atoms with E-state index in [0.717, 1.165) is 16.7 Å². The number of rotatable bonds is 7. The predicted octanol–water partition coefficient (Wildman–Crippen LogP) is 4.63. The zero-order valence-corrected chi connectivity index (χ0v) is 20.6. The summed E-state index contributed by atoms with van der Waals surface area (Å²) in [6, 6.07) is 14.8. The lowest BCUT2D eigenvalue weighted by Crippen LogP contribution is -2.13. The number of hydrogen-bond donors (Lipinski definition) is 1. The van der Waals surface area contributed by atoms with Crippen molar-refractivity contribution in [3.8, 4) is 34.3 Å². The Morgan fingerprint density at radius 1 is 0.882 bits per heavy atom. The highest BCUT2D eigenvalue weighted by Crippen LogP contribution is 2.28. The van der Waals surface area contributed by atoms with E-state index in [1.165, 1.54) is 0 Å². The van der Waals surface area contributed by atoms with Crippen LogP contribution < -0.4 is 5.32 Å². The monoisotopic (exact) mass is 477 g/mol. The Balaban J connectivity index is 1.63. The number of nitrogens with one attached hydrogen (secondary N) is 1. The first-order valence-corrected chi connectivity index (χ1v) is 12.5. The van der Waals surface area contributed by atoms with Crippen LogP contribution >= 0.6 is 0 Å². The normalized spacial score (nSPS) is 12.8. The third kappa shape index (κ3) is 4.62. The molecule has 0 radical (unpaired) electrons. The van der Waals surface area contributed by atoms with E-state index in [9.17, 15) is 8.42 Å². The molecule has 2 heterocycles. The molecule has 1 unspecified atom stereocenters. The Kier molecular flexibility index (Phi) is 6.58. The molecular weight excluding hydrogens is 450 g/mol. The zero-order valence-electron chi connectivity index (χ0n) is 19.8. The quantitative estimate of drug-likeness (QED) is 0.410. The van der Waals surface area contributed by atoms with Gasteiger partial charge in [0.05, 0.1) is 27.7 Å². The molecule has 9 heteroatoms. The van der Waals surface area contributed by atoms with Gasteiger partial charge < -0.3 is 9.73 Å². The van der Waals surface area contributed by atoms with E-state index in [1.807, 2.05) is 38.2 Å². The number of sulfone groups is 1. The average molecular weight is 478 g/mol. The maximum Gasteiger partial charge on any atom is 0.268 e. The number of benzene rings is 2. The summed E-state index contributed by atoms with van der Waals surface area (Å²) in [5.74, 6) is 0.669. The van der Waals surface area contributed by atoms with E-state index in [1.54, 1.807) is 44.3 Å². The molecule has 0 fully saturated rings. The van der Waals surface area contributed by atoms with Crippen molar-refractivity contribution in [1.29, 1.82) is 0 Å². The van der Waals surface area contributed by atoms with Crippen molar-refractivity contribution in [2.24, 2.45) is 0 Å². The fourth-order valence-corrected chi connectivity index (χ4v) is 4.45. The van der Waals surface area contributed by atoms with Crippen molar-refractivity contribution in [1.82, 2.24) is 25.5 Å². The SMILES string of the molecule is CNC(C)c1ccc(-c2nnc(-c3nc(-c4ccc(S(=O)(=O)C(C)C)cc4)cnc3C)o2)cc1. The summed E-state index contributed by atoms with van der Waals surface area (Å²) in [5, 5.41) is 11.1. The van der Waals surface area contributed by atoms with Crippen molar-refractivity contribution >= 4 is 9.84 Å². The van der Waals surface area contributed by atoms with Gasteiger partial charge >= 0.3 is 0 Å². The molecule has 0 bridgehead atoms. The van der Waals surface area contributed by atoms with Gasteiger partial charge in [0.1, 0.15) is 5.69 Å². The van der Waals surface area contributed by atoms with Crippen molar-refractivity contribution in [2.45, 2.75) is 43.9 Å². The van der Waals surface area contributed by atoms with Gasteiger partial charge in [-0.05, 0) is 64.6 Å². The molecule has 0 aliphatic carbocycles.